The van der Waals surface area contributed by atoms with E-state index in [1.807, 2.05) is 0 Å². The molecular weight excluding hydrogens is 228 g/mol. The second-order valence-corrected chi connectivity index (χ2v) is 6.48. The summed E-state index contributed by atoms with van der Waals surface area (Å²) in [6.07, 6.45) is 3.95. The first-order chi connectivity index (χ1) is 8.21. The van der Waals surface area contributed by atoms with Gasteiger partial charge in [-0.3, -0.25) is 0 Å². The highest BCUT2D eigenvalue weighted by Gasteiger charge is 2.41. The monoisotopic (exact) mass is 246 g/mol. The number of benzene rings is 1. The van der Waals surface area contributed by atoms with Crippen molar-refractivity contribution in [3.8, 4) is 0 Å². The summed E-state index contributed by atoms with van der Waals surface area (Å²) in [6.45, 7) is 3.22. The third kappa shape index (κ3) is 2.22. The fourth-order valence-electron chi connectivity index (χ4n) is 2.60. The third-order valence-electron chi connectivity index (χ3n) is 3.65. The predicted octanol–water partition coefficient (Wildman–Crippen LogP) is 3.15. The molecule has 1 aliphatic carbocycles. The molecule has 0 spiro atoms. The van der Waals surface area contributed by atoms with E-state index in [2.05, 4.69) is 42.5 Å². The number of hydrogen-bond acceptors (Lipinski definition) is 3. The molecule has 17 heavy (non-hydrogen) atoms. The van der Waals surface area contributed by atoms with Gasteiger partial charge in [0.2, 0.25) is 0 Å². The lowest BCUT2D eigenvalue weighted by molar-refractivity contribution is 0.478. The minimum absolute atomic E-state index is 0.544. The molecule has 0 atom stereocenters. The van der Waals surface area contributed by atoms with Crippen LogP contribution < -0.4 is 5.32 Å². The first-order valence-corrected chi connectivity index (χ1v) is 7.03. The number of aromatic nitrogens is 1. The van der Waals surface area contributed by atoms with Crippen molar-refractivity contribution in [3.63, 3.8) is 0 Å². The Labute approximate surface area is 106 Å². The average molecular weight is 246 g/mol. The van der Waals surface area contributed by atoms with Gasteiger partial charge in [-0.15, -0.1) is 11.3 Å². The maximum atomic E-state index is 4.51. The summed E-state index contributed by atoms with van der Waals surface area (Å²) < 4.78 is 1.33. The Kier molecular flexibility index (Phi) is 2.68. The molecule has 1 heterocycles. The average Bonchev–Trinajstić information content (AvgIpc) is 2.91. The van der Waals surface area contributed by atoms with Crippen molar-refractivity contribution in [2.75, 3.05) is 13.6 Å². The molecular formula is C14H18N2S. The quantitative estimate of drug-likeness (QED) is 0.896. The molecule has 0 aliphatic heterocycles. The van der Waals surface area contributed by atoms with Crippen LogP contribution in [-0.2, 0) is 6.42 Å². The van der Waals surface area contributed by atoms with Gasteiger partial charge in [0, 0.05) is 6.54 Å². The first-order valence-electron chi connectivity index (χ1n) is 6.21. The van der Waals surface area contributed by atoms with E-state index in [1.165, 1.54) is 29.5 Å². The van der Waals surface area contributed by atoms with E-state index >= 15 is 0 Å². The van der Waals surface area contributed by atoms with Crippen LogP contribution in [-0.4, -0.2) is 18.6 Å². The van der Waals surface area contributed by atoms with Gasteiger partial charge in [0.15, 0.2) is 0 Å². The molecule has 1 aromatic carbocycles. The molecule has 3 rings (SSSR count). The summed E-state index contributed by atoms with van der Waals surface area (Å²) in [7, 11) is 2.05. The SMILES string of the molecule is CNCC1(Cc2ccc3nc(C)sc3c2)CC1. The minimum atomic E-state index is 0.544. The molecule has 2 nitrogen and oxygen atoms in total. The summed E-state index contributed by atoms with van der Waals surface area (Å²) in [6, 6.07) is 6.75. The molecule has 1 aromatic heterocycles. The number of hydrogen-bond donors (Lipinski definition) is 1. The van der Waals surface area contributed by atoms with Crippen LogP contribution in [0.5, 0.6) is 0 Å². The Morgan fingerprint density at radius 1 is 1.41 bits per heavy atom. The van der Waals surface area contributed by atoms with Crippen LogP contribution in [0, 0.1) is 12.3 Å². The van der Waals surface area contributed by atoms with E-state index in [9.17, 15) is 0 Å². The Morgan fingerprint density at radius 2 is 2.24 bits per heavy atom. The van der Waals surface area contributed by atoms with Gasteiger partial charge in [-0.1, -0.05) is 6.07 Å². The number of thiazole rings is 1. The van der Waals surface area contributed by atoms with Crippen molar-refractivity contribution in [1.82, 2.24) is 10.3 Å². The van der Waals surface area contributed by atoms with Crippen LogP contribution in [0.2, 0.25) is 0 Å². The van der Waals surface area contributed by atoms with Gasteiger partial charge >= 0.3 is 0 Å². The fraction of sp³-hybridized carbons (Fsp3) is 0.500. The topological polar surface area (TPSA) is 24.9 Å². The standard InChI is InChI=1S/C14H18N2S/c1-10-16-12-4-3-11(7-13(12)17-10)8-14(5-6-14)9-15-2/h3-4,7,15H,5-6,8-9H2,1-2H3. The molecule has 1 fully saturated rings. The molecule has 0 amide bonds. The second-order valence-electron chi connectivity index (χ2n) is 5.24. The van der Waals surface area contributed by atoms with Gasteiger partial charge in [0.1, 0.15) is 0 Å². The van der Waals surface area contributed by atoms with Gasteiger partial charge in [-0.2, -0.15) is 0 Å². The van der Waals surface area contributed by atoms with Crippen molar-refractivity contribution in [2.24, 2.45) is 5.41 Å². The van der Waals surface area contributed by atoms with Crippen LogP contribution >= 0.6 is 11.3 Å². The van der Waals surface area contributed by atoms with Crippen LogP contribution in [0.3, 0.4) is 0 Å². The number of nitrogens with zero attached hydrogens (tertiary/aromatic N) is 1. The van der Waals surface area contributed by atoms with Crippen LogP contribution in [0.1, 0.15) is 23.4 Å². The van der Waals surface area contributed by atoms with E-state index < -0.39 is 0 Å². The summed E-state index contributed by atoms with van der Waals surface area (Å²) in [5.41, 5.74) is 3.16. The molecule has 3 heteroatoms. The molecule has 0 saturated heterocycles. The van der Waals surface area contributed by atoms with Gasteiger partial charge < -0.3 is 5.32 Å². The highest BCUT2D eigenvalue weighted by atomic mass is 32.1. The zero-order chi connectivity index (χ0) is 11.9. The number of rotatable bonds is 4. The van der Waals surface area contributed by atoms with Crippen molar-refractivity contribution >= 4 is 21.6 Å². The summed E-state index contributed by atoms with van der Waals surface area (Å²) in [5.74, 6) is 0. The van der Waals surface area contributed by atoms with Crippen LogP contribution in [0.25, 0.3) is 10.2 Å². The molecule has 2 aromatic rings. The summed E-state index contributed by atoms with van der Waals surface area (Å²) in [5, 5.41) is 4.48. The lowest BCUT2D eigenvalue weighted by Crippen LogP contribution is -2.21. The van der Waals surface area contributed by atoms with Gasteiger partial charge in [0.25, 0.3) is 0 Å². The van der Waals surface area contributed by atoms with E-state index in [4.69, 9.17) is 0 Å². The molecule has 1 saturated carbocycles. The lowest BCUT2D eigenvalue weighted by Gasteiger charge is -2.14. The third-order valence-corrected chi connectivity index (χ3v) is 4.58. The zero-order valence-corrected chi connectivity index (χ0v) is 11.2. The van der Waals surface area contributed by atoms with E-state index in [-0.39, 0.29) is 0 Å². The molecule has 0 unspecified atom stereocenters. The Hall–Kier alpha value is -0.930. The summed E-state index contributed by atoms with van der Waals surface area (Å²) in [4.78, 5) is 4.51. The van der Waals surface area contributed by atoms with Crippen LogP contribution in [0.4, 0.5) is 0 Å². The minimum Gasteiger partial charge on any atom is -0.319 e. The van der Waals surface area contributed by atoms with Crippen molar-refractivity contribution in [1.29, 1.82) is 0 Å². The molecule has 0 radical (unpaired) electrons. The largest absolute Gasteiger partial charge is 0.319 e. The zero-order valence-electron chi connectivity index (χ0n) is 10.4. The van der Waals surface area contributed by atoms with E-state index in [0.29, 0.717) is 5.41 Å². The van der Waals surface area contributed by atoms with Gasteiger partial charge in [-0.25, -0.2) is 4.98 Å². The van der Waals surface area contributed by atoms with Crippen molar-refractivity contribution in [2.45, 2.75) is 26.2 Å². The Balaban J connectivity index is 1.85. The van der Waals surface area contributed by atoms with E-state index in [1.54, 1.807) is 11.3 Å². The highest BCUT2D eigenvalue weighted by molar-refractivity contribution is 7.18. The van der Waals surface area contributed by atoms with Crippen molar-refractivity contribution < 1.29 is 0 Å². The number of aryl methyl sites for hydroxylation is 1. The van der Waals surface area contributed by atoms with Gasteiger partial charge in [-0.05, 0) is 56.3 Å². The molecule has 1 aliphatic rings. The second kappa shape index (κ2) is 4.07. The number of nitrogens with one attached hydrogen (secondary N) is 1. The van der Waals surface area contributed by atoms with Gasteiger partial charge in [0.05, 0.1) is 15.2 Å². The highest BCUT2D eigenvalue weighted by Crippen LogP contribution is 2.48. The molecule has 0 bridgehead atoms. The molecule has 90 valence electrons. The lowest BCUT2D eigenvalue weighted by atomic mass is 9.96. The van der Waals surface area contributed by atoms with Crippen LogP contribution in [0.15, 0.2) is 18.2 Å². The maximum absolute atomic E-state index is 4.51. The first kappa shape index (κ1) is 11.2. The Bertz CT molecular complexity index is 540. The molecule has 1 N–H and O–H groups in total. The number of fused-ring (bicyclic) bond motifs is 1. The normalized spacial score (nSPS) is 17.5. The fourth-order valence-corrected chi connectivity index (χ4v) is 3.49. The summed E-state index contributed by atoms with van der Waals surface area (Å²) >= 11 is 1.80. The van der Waals surface area contributed by atoms with E-state index in [0.717, 1.165) is 17.1 Å². The predicted molar refractivity (Wildman–Crippen MR) is 73.7 cm³/mol. The maximum Gasteiger partial charge on any atom is 0.0907 e. The smallest absolute Gasteiger partial charge is 0.0907 e. The van der Waals surface area contributed by atoms with Crippen molar-refractivity contribution in [3.05, 3.63) is 28.8 Å². The Morgan fingerprint density at radius 3 is 2.94 bits per heavy atom.